The Morgan fingerprint density at radius 2 is 1.88 bits per heavy atom. The molecule has 1 fully saturated rings. The van der Waals surface area contributed by atoms with Gasteiger partial charge >= 0.3 is 0 Å². The van der Waals surface area contributed by atoms with Gasteiger partial charge in [0.05, 0.1) is 7.11 Å². The molecule has 1 heterocycles. The van der Waals surface area contributed by atoms with Gasteiger partial charge in [-0.05, 0) is 67.0 Å². The monoisotopic (exact) mass is 409 g/mol. The highest BCUT2D eigenvalue weighted by atomic mass is 35.5. The zero-order valence-electron chi connectivity index (χ0n) is 14.5. The van der Waals surface area contributed by atoms with Crippen molar-refractivity contribution in [3.8, 4) is 5.75 Å². The van der Waals surface area contributed by atoms with Crippen molar-refractivity contribution in [1.29, 1.82) is 0 Å². The van der Waals surface area contributed by atoms with Crippen LogP contribution < -0.4 is 20.3 Å². The third kappa shape index (κ3) is 5.16. The lowest BCUT2D eigenvalue weighted by atomic mass is 10.1. The molecule has 1 atom stereocenters. The van der Waals surface area contributed by atoms with E-state index >= 15 is 0 Å². The first-order chi connectivity index (χ1) is 12.5. The first kappa shape index (κ1) is 19.1. The van der Waals surface area contributed by atoms with Gasteiger partial charge in [0.15, 0.2) is 5.11 Å². The Morgan fingerprint density at radius 1 is 1.19 bits per heavy atom. The summed E-state index contributed by atoms with van der Waals surface area (Å²) in [6, 6.07) is 13.5. The molecule has 0 unspecified atom stereocenters. The van der Waals surface area contributed by atoms with Gasteiger partial charge in [-0.3, -0.25) is 0 Å². The second kappa shape index (κ2) is 8.80. The fourth-order valence-corrected chi connectivity index (χ4v) is 3.79. The van der Waals surface area contributed by atoms with Crippen molar-refractivity contribution in [2.45, 2.75) is 6.42 Å². The molecule has 7 heteroatoms. The molecule has 1 aliphatic rings. The number of rotatable bonds is 5. The molecule has 2 aromatic carbocycles. The van der Waals surface area contributed by atoms with Crippen LogP contribution in [0.15, 0.2) is 42.5 Å². The van der Waals surface area contributed by atoms with Crippen LogP contribution in [0.1, 0.15) is 6.42 Å². The van der Waals surface area contributed by atoms with Crippen molar-refractivity contribution in [1.82, 2.24) is 5.32 Å². The number of nitrogens with zero attached hydrogens (tertiary/aromatic N) is 1. The molecule has 0 aromatic heterocycles. The minimum Gasteiger partial charge on any atom is -0.497 e. The lowest BCUT2D eigenvalue weighted by molar-refractivity contribution is 0.415. The Bertz CT molecular complexity index is 750. The van der Waals surface area contributed by atoms with Crippen LogP contribution in [-0.2, 0) is 0 Å². The van der Waals surface area contributed by atoms with Gasteiger partial charge in [0.1, 0.15) is 5.75 Å². The van der Waals surface area contributed by atoms with Gasteiger partial charge in [-0.25, -0.2) is 0 Å². The molecule has 2 N–H and O–H groups in total. The normalized spacial score (nSPS) is 16.4. The van der Waals surface area contributed by atoms with Gasteiger partial charge < -0.3 is 20.3 Å². The van der Waals surface area contributed by atoms with Crippen LogP contribution in [0.5, 0.6) is 5.75 Å². The average Bonchev–Trinajstić information content (AvgIpc) is 3.08. The van der Waals surface area contributed by atoms with Crippen LogP contribution in [-0.4, -0.2) is 31.9 Å². The molecule has 0 bridgehead atoms. The SMILES string of the molecule is COc1ccc(N2CC[C@@H](CNC(=S)Nc3cc(Cl)cc(Cl)c3)C2)cc1. The number of halogens is 2. The van der Waals surface area contributed by atoms with Crippen LogP contribution in [0.3, 0.4) is 0 Å². The molecular weight excluding hydrogens is 389 g/mol. The van der Waals surface area contributed by atoms with E-state index in [1.807, 2.05) is 12.1 Å². The van der Waals surface area contributed by atoms with Crippen molar-refractivity contribution in [3.05, 3.63) is 52.5 Å². The van der Waals surface area contributed by atoms with Crippen LogP contribution in [0.25, 0.3) is 0 Å². The van der Waals surface area contributed by atoms with E-state index in [9.17, 15) is 0 Å². The fraction of sp³-hybridized carbons (Fsp3) is 0.316. The number of thiocarbonyl (C=S) groups is 1. The molecular formula is C19H21Cl2N3OS. The predicted molar refractivity (Wildman–Crippen MR) is 114 cm³/mol. The Kier molecular flexibility index (Phi) is 6.46. The molecule has 0 amide bonds. The Labute approximate surface area is 169 Å². The number of anilines is 2. The summed E-state index contributed by atoms with van der Waals surface area (Å²) in [7, 11) is 1.68. The Morgan fingerprint density at radius 3 is 2.54 bits per heavy atom. The average molecular weight is 410 g/mol. The van der Waals surface area contributed by atoms with E-state index in [1.54, 1.807) is 25.3 Å². The predicted octanol–water partition coefficient (Wildman–Crippen LogP) is 4.81. The molecule has 0 spiro atoms. The van der Waals surface area contributed by atoms with E-state index in [1.165, 1.54) is 5.69 Å². The first-order valence-corrected chi connectivity index (χ1v) is 9.60. The van der Waals surface area contributed by atoms with Crippen LogP contribution in [0.2, 0.25) is 10.0 Å². The third-order valence-corrected chi connectivity index (χ3v) is 5.08. The molecule has 1 aliphatic heterocycles. The lowest BCUT2D eigenvalue weighted by Gasteiger charge is -2.19. The summed E-state index contributed by atoms with van der Waals surface area (Å²) in [5.41, 5.74) is 2.01. The lowest BCUT2D eigenvalue weighted by Crippen LogP contribution is -2.34. The highest BCUT2D eigenvalue weighted by Crippen LogP contribution is 2.26. The van der Waals surface area contributed by atoms with Crippen LogP contribution >= 0.6 is 35.4 Å². The van der Waals surface area contributed by atoms with E-state index in [-0.39, 0.29) is 0 Å². The second-order valence-electron chi connectivity index (χ2n) is 6.29. The maximum absolute atomic E-state index is 6.01. The summed E-state index contributed by atoms with van der Waals surface area (Å²) >= 11 is 17.4. The van der Waals surface area contributed by atoms with Gasteiger partial charge in [-0.2, -0.15) is 0 Å². The fourth-order valence-electron chi connectivity index (χ4n) is 3.07. The molecule has 3 rings (SSSR count). The summed E-state index contributed by atoms with van der Waals surface area (Å²) in [6.45, 7) is 2.88. The van der Waals surface area contributed by atoms with Gasteiger partial charge in [0.25, 0.3) is 0 Å². The van der Waals surface area contributed by atoms with Crippen LogP contribution in [0.4, 0.5) is 11.4 Å². The van der Waals surface area contributed by atoms with Crippen molar-refractivity contribution < 1.29 is 4.74 Å². The van der Waals surface area contributed by atoms with Gasteiger partial charge in [0.2, 0.25) is 0 Å². The summed E-state index contributed by atoms with van der Waals surface area (Å²) in [4.78, 5) is 2.39. The van der Waals surface area contributed by atoms with E-state index in [4.69, 9.17) is 40.2 Å². The van der Waals surface area contributed by atoms with E-state index in [0.717, 1.165) is 37.5 Å². The maximum atomic E-state index is 6.01. The number of nitrogens with one attached hydrogen (secondary N) is 2. The minimum absolute atomic E-state index is 0.541. The quantitative estimate of drug-likeness (QED) is 0.692. The summed E-state index contributed by atoms with van der Waals surface area (Å²) in [5, 5.41) is 8.15. The van der Waals surface area contributed by atoms with Crippen LogP contribution in [0, 0.1) is 5.92 Å². The summed E-state index contributed by atoms with van der Waals surface area (Å²) < 4.78 is 5.22. The highest BCUT2D eigenvalue weighted by Gasteiger charge is 2.22. The number of hydrogen-bond donors (Lipinski definition) is 2. The number of hydrogen-bond acceptors (Lipinski definition) is 3. The molecule has 2 aromatic rings. The van der Waals surface area contributed by atoms with Gasteiger partial charge in [0, 0.05) is 41.1 Å². The Balaban J connectivity index is 1.47. The third-order valence-electron chi connectivity index (χ3n) is 4.40. The van der Waals surface area contributed by atoms with Crippen molar-refractivity contribution in [3.63, 3.8) is 0 Å². The van der Waals surface area contributed by atoms with Crippen molar-refractivity contribution in [2.24, 2.45) is 5.92 Å². The number of ether oxygens (including phenoxy) is 1. The molecule has 1 saturated heterocycles. The maximum Gasteiger partial charge on any atom is 0.170 e. The summed E-state index contributed by atoms with van der Waals surface area (Å²) in [6.07, 6.45) is 1.13. The highest BCUT2D eigenvalue weighted by molar-refractivity contribution is 7.80. The molecule has 138 valence electrons. The summed E-state index contributed by atoms with van der Waals surface area (Å²) in [5.74, 6) is 1.42. The largest absolute Gasteiger partial charge is 0.497 e. The molecule has 0 saturated carbocycles. The Hall–Kier alpha value is -1.69. The smallest absolute Gasteiger partial charge is 0.170 e. The first-order valence-electron chi connectivity index (χ1n) is 8.43. The van der Waals surface area contributed by atoms with E-state index < -0.39 is 0 Å². The molecule has 0 aliphatic carbocycles. The number of methoxy groups -OCH3 is 1. The van der Waals surface area contributed by atoms with E-state index in [2.05, 4.69) is 27.7 Å². The molecule has 4 nitrogen and oxygen atoms in total. The zero-order chi connectivity index (χ0) is 18.5. The van der Waals surface area contributed by atoms with Crippen molar-refractivity contribution >= 4 is 51.9 Å². The molecule has 26 heavy (non-hydrogen) atoms. The standard InChI is InChI=1S/C19H21Cl2N3OS/c1-25-18-4-2-17(3-5-18)24-7-6-13(12-24)11-22-19(26)23-16-9-14(20)8-15(21)10-16/h2-5,8-10,13H,6-7,11-12H2,1H3,(H2,22,23,26)/t13-/m0/s1. The topological polar surface area (TPSA) is 36.5 Å². The second-order valence-corrected chi connectivity index (χ2v) is 7.57. The van der Waals surface area contributed by atoms with Gasteiger partial charge in [-0.15, -0.1) is 0 Å². The van der Waals surface area contributed by atoms with E-state index in [0.29, 0.717) is 21.1 Å². The molecule has 0 radical (unpaired) electrons. The minimum atomic E-state index is 0.541. The number of benzene rings is 2. The van der Waals surface area contributed by atoms with Gasteiger partial charge in [-0.1, -0.05) is 23.2 Å². The zero-order valence-corrected chi connectivity index (χ0v) is 16.8. The van der Waals surface area contributed by atoms with Crippen molar-refractivity contribution in [2.75, 3.05) is 37.0 Å².